The van der Waals surface area contributed by atoms with E-state index in [1.165, 1.54) is 37.0 Å². The molecule has 5 heteroatoms. The molecule has 2 aliphatic rings. The third-order valence-electron chi connectivity index (χ3n) is 6.46. The number of aromatic hydroxyl groups is 1. The number of hydrogen-bond donors (Lipinski definition) is 2. The van der Waals surface area contributed by atoms with Crippen molar-refractivity contribution in [2.24, 2.45) is 0 Å². The van der Waals surface area contributed by atoms with Crippen LogP contribution in [0.25, 0.3) is 0 Å². The minimum absolute atomic E-state index is 0.275. The molecule has 0 unspecified atom stereocenters. The average molecular weight is 399 g/mol. The first kappa shape index (κ1) is 20.3. The van der Waals surface area contributed by atoms with Crippen molar-refractivity contribution in [2.45, 2.75) is 50.8 Å². The number of nitrogens with zero attached hydrogens (tertiary/aromatic N) is 2. The van der Waals surface area contributed by atoms with Crippen molar-refractivity contribution < 1.29 is 14.6 Å². The van der Waals surface area contributed by atoms with Gasteiger partial charge in [-0.2, -0.15) is 0 Å². The summed E-state index contributed by atoms with van der Waals surface area (Å²) in [5.41, 5.74) is 2.12. The third-order valence-corrected chi connectivity index (χ3v) is 6.46. The normalized spacial score (nSPS) is 20.6. The predicted octanol–water partition coefficient (Wildman–Crippen LogP) is 4.00. The summed E-state index contributed by atoms with van der Waals surface area (Å²) in [6, 6.07) is 12.2. The van der Waals surface area contributed by atoms with Crippen molar-refractivity contribution in [3.05, 3.63) is 65.0 Å². The molecule has 0 aliphatic carbocycles. The quantitative estimate of drug-likeness (QED) is 0.799. The summed E-state index contributed by atoms with van der Waals surface area (Å²) in [5.74, 6) is 0.103. The van der Waals surface area contributed by atoms with Crippen LogP contribution >= 0.6 is 0 Å². The highest BCUT2D eigenvalue weighted by Gasteiger charge is 2.33. The fourth-order valence-electron chi connectivity index (χ4n) is 4.61. The predicted molar refractivity (Wildman–Crippen MR) is 112 cm³/mol. The first-order valence-electron chi connectivity index (χ1n) is 10.8. The molecule has 0 aromatic heterocycles. The van der Waals surface area contributed by atoms with Gasteiger partial charge in [0.2, 0.25) is 0 Å². The van der Waals surface area contributed by atoms with E-state index in [1.807, 2.05) is 12.1 Å². The van der Waals surface area contributed by atoms with E-state index in [-0.39, 0.29) is 5.82 Å². The fourth-order valence-corrected chi connectivity index (χ4v) is 4.61. The molecule has 0 atom stereocenters. The van der Waals surface area contributed by atoms with Crippen LogP contribution in [0.1, 0.15) is 48.8 Å². The van der Waals surface area contributed by atoms with E-state index in [9.17, 15) is 14.6 Å². The van der Waals surface area contributed by atoms with Crippen molar-refractivity contribution in [1.82, 2.24) is 9.80 Å². The van der Waals surface area contributed by atoms with Crippen LogP contribution in [-0.2, 0) is 18.7 Å². The Bertz CT molecular complexity index is 810. The average Bonchev–Trinajstić information content (AvgIpc) is 2.73. The van der Waals surface area contributed by atoms with Crippen molar-refractivity contribution in [2.75, 3.05) is 26.2 Å². The van der Waals surface area contributed by atoms with Gasteiger partial charge in [-0.25, -0.2) is 4.39 Å². The zero-order valence-electron chi connectivity index (χ0n) is 17.0. The smallest absolute Gasteiger partial charge is 0.123 e. The molecule has 2 aromatic rings. The second kappa shape index (κ2) is 8.82. The number of halogens is 1. The number of aliphatic hydroxyl groups is 1. The van der Waals surface area contributed by atoms with Gasteiger partial charge >= 0.3 is 0 Å². The molecule has 2 heterocycles. The Balaban J connectivity index is 1.36. The van der Waals surface area contributed by atoms with Gasteiger partial charge in [-0.3, -0.25) is 9.80 Å². The van der Waals surface area contributed by atoms with Crippen LogP contribution in [0.15, 0.2) is 42.5 Å². The van der Waals surface area contributed by atoms with E-state index in [2.05, 4.69) is 15.9 Å². The minimum atomic E-state index is -0.876. The summed E-state index contributed by atoms with van der Waals surface area (Å²) >= 11 is 0. The lowest BCUT2D eigenvalue weighted by atomic mass is 9.84. The van der Waals surface area contributed by atoms with Crippen LogP contribution in [0.5, 0.6) is 5.75 Å². The summed E-state index contributed by atoms with van der Waals surface area (Å²) in [6.45, 7) is 5.42. The third kappa shape index (κ3) is 4.97. The molecule has 0 radical (unpaired) electrons. The first-order valence-corrected chi connectivity index (χ1v) is 10.8. The highest BCUT2D eigenvalue weighted by atomic mass is 19.1. The summed E-state index contributed by atoms with van der Waals surface area (Å²) in [5, 5.41) is 21.3. The van der Waals surface area contributed by atoms with Crippen molar-refractivity contribution in [3.63, 3.8) is 0 Å². The van der Waals surface area contributed by atoms with E-state index in [0.717, 1.165) is 50.4 Å². The standard InChI is InChI=1S/C24H31FN2O2/c25-22-7-5-21(6-8-22)24(29)10-14-27(15-11-24)17-19-4-9-23(28)20(16-19)18-26-12-2-1-3-13-26/h4-9,16,28-29H,1-3,10-15,17-18H2. The lowest BCUT2D eigenvalue weighted by Crippen LogP contribution is -2.42. The number of rotatable bonds is 5. The van der Waals surface area contributed by atoms with Gasteiger partial charge in [-0.05, 0) is 74.2 Å². The number of likely N-dealkylation sites (tertiary alicyclic amines) is 2. The summed E-state index contributed by atoms with van der Waals surface area (Å²) < 4.78 is 13.2. The maximum absolute atomic E-state index is 13.2. The molecule has 156 valence electrons. The molecular weight excluding hydrogens is 367 g/mol. The Labute approximate surface area is 172 Å². The molecule has 2 fully saturated rings. The van der Waals surface area contributed by atoms with Gasteiger partial charge in [-0.1, -0.05) is 24.6 Å². The van der Waals surface area contributed by atoms with Crippen LogP contribution in [0.4, 0.5) is 4.39 Å². The molecule has 4 rings (SSSR count). The summed E-state index contributed by atoms with van der Waals surface area (Å²) in [4.78, 5) is 4.76. The Morgan fingerprint density at radius 3 is 2.17 bits per heavy atom. The van der Waals surface area contributed by atoms with Gasteiger partial charge in [0.05, 0.1) is 5.60 Å². The number of hydrogen-bond acceptors (Lipinski definition) is 4. The van der Waals surface area contributed by atoms with Crippen molar-refractivity contribution in [1.29, 1.82) is 0 Å². The molecule has 0 bridgehead atoms. The van der Waals surface area contributed by atoms with Crippen molar-refractivity contribution in [3.8, 4) is 5.75 Å². The topological polar surface area (TPSA) is 46.9 Å². The second-order valence-corrected chi connectivity index (χ2v) is 8.61. The Hall–Kier alpha value is -1.95. The van der Waals surface area contributed by atoms with Gasteiger partial charge in [0, 0.05) is 31.7 Å². The minimum Gasteiger partial charge on any atom is -0.508 e. The number of piperidine rings is 2. The SMILES string of the molecule is Oc1ccc(CN2CCC(O)(c3ccc(F)cc3)CC2)cc1CN1CCCCC1. The molecule has 2 aliphatic heterocycles. The maximum atomic E-state index is 13.2. The Morgan fingerprint density at radius 2 is 1.48 bits per heavy atom. The Morgan fingerprint density at radius 1 is 0.828 bits per heavy atom. The Kier molecular flexibility index (Phi) is 6.18. The molecule has 0 amide bonds. The summed E-state index contributed by atoms with van der Waals surface area (Å²) in [6.07, 6.45) is 5.06. The van der Waals surface area contributed by atoms with E-state index < -0.39 is 5.60 Å². The molecular formula is C24H31FN2O2. The summed E-state index contributed by atoms with van der Waals surface area (Å²) in [7, 11) is 0. The molecule has 4 nitrogen and oxygen atoms in total. The zero-order valence-corrected chi connectivity index (χ0v) is 17.0. The number of benzene rings is 2. The molecule has 2 saturated heterocycles. The van der Waals surface area contributed by atoms with Gasteiger partial charge in [0.1, 0.15) is 11.6 Å². The van der Waals surface area contributed by atoms with Crippen LogP contribution in [0, 0.1) is 5.82 Å². The van der Waals surface area contributed by atoms with Gasteiger partial charge in [0.15, 0.2) is 0 Å². The van der Waals surface area contributed by atoms with E-state index >= 15 is 0 Å². The highest BCUT2D eigenvalue weighted by molar-refractivity contribution is 5.36. The maximum Gasteiger partial charge on any atom is 0.123 e. The monoisotopic (exact) mass is 398 g/mol. The molecule has 2 aromatic carbocycles. The lowest BCUT2D eigenvalue weighted by molar-refractivity contribution is -0.0277. The van der Waals surface area contributed by atoms with E-state index in [4.69, 9.17) is 0 Å². The van der Waals surface area contributed by atoms with Crippen LogP contribution in [0.3, 0.4) is 0 Å². The highest BCUT2D eigenvalue weighted by Crippen LogP contribution is 2.33. The molecule has 29 heavy (non-hydrogen) atoms. The van der Waals surface area contributed by atoms with Crippen LogP contribution in [0.2, 0.25) is 0 Å². The zero-order chi connectivity index (χ0) is 20.3. The van der Waals surface area contributed by atoms with E-state index in [1.54, 1.807) is 12.1 Å². The lowest BCUT2D eigenvalue weighted by Gasteiger charge is -2.38. The molecule has 2 N–H and O–H groups in total. The number of phenols is 1. The molecule has 0 saturated carbocycles. The van der Waals surface area contributed by atoms with Gasteiger partial charge < -0.3 is 10.2 Å². The second-order valence-electron chi connectivity index (χ2n) is 8.61. The van der Waals surface area contributed by atoms with Gasteiger partial charge in [0.25, 0.3) is 0 Å². The van der Waals surface area contributed by atoms with Gasteiger partial charge in [-0.15, -0.1) is 0 Å². The van der Waals surface area contributed by atoms with Crippen LogP contribution in [-0.4, -0.2) is 46.2 Å². The largest absolute Gasteiger partial charge is 0.508 e. The fraction of sp³-hybridized carbons (Fsp3) is 0.500. The van der Waals surface area contributed by atoms with Crippen LogP contribution < -0.4 is 0 Å². The van der Waals surface area contributed by atoms with E-state index in [0.29, 0.717) is 18.6 Å². The molecule has 0 spiro atoms. The van der Waals surface area contributed by atoms with Crippen molar-refractivity contribution >= 4 is 0 Å². The first-order chi connectivity index (χ1) is 14.0. The number of phenolic OH excluding ortho intramolecular Hbond substituents is 1.